The molecule has 0 saturated carbocycles. The van der Waals surface area contributed by atoms with Gasteiger partial charge in [-0.15, -0.1) is 22.7 Å². The van der Waals surface area contributed by atoms with E-state index in [1.165, 1.54) is 58.2 Å². The number of thiophene rings is 2. The van der Waals surface area contributed by atoms with Crippen molar-refractivity contribution in [3.8, 4) is 22.3 Å². The summed E-state index contributed by atoms with van der Waals surface area (Å²) in [6.07, 6.45) is 4.88. The van der Waals surface area contributed by atoms with Crippen molar-refractivity contribution in [2.45, 2.75) is 41.0 Å². The lowest BCUT2D eigenvalue weighted by Crippen LogP contribution is -2.25. The molecule has 2 aromatic heterocycles. The largest absolute Gasteiger partial charge is 0.405 e. The van der Waals surface area contributed by atoms with Crippen LogP contribution in [0, 0.1) is 6.92 Å². The first-order valence-corrected chi connectivity index (χ1v) is 21.0. The van der Waals surface area contributed by atoms with Gasteiger partial charge in [0.1, 0.15) is 0 Å². The summed E-state index contributed by atoms with van der Waals surface area (Å²) >= 11 is 3.63. The number of benzene rings is 6. The van der Waals surface area contributed by atoms with E-state index in [1.807, 2.05) is 104 Å². The molecule has 0 amide bonds. The number of fused-ring (bicyclic) bond motifs is 4. The van der Waals surface area contributed by atoms with Gasteiger partial charge in [-0.25, -0.2) is 0 Å². The number of hydrogen-bond acceptors (Lipinski definition) is 4. The first-order valence-electron chi connectivity index (χ1n) is 17.6. The summed E-state index contributed by atoms with van der Waals surface area (Å²) < 4.78 is 18.8. The van der Waals surface area contributed by atoms with Crippen molar-refractivity contribution in [2.75, 3.05) is 0 Å². The number of nitrogens with two attached hydrogens (primary N) is 1. The van der Waals surface area contributed by atoms with E-state index in [9.17, 15) is 0 Å². The lowest BCUT2D eigenvalue weighted by Gasteiger charge is -2.20. The second-order valence-electron chi connectivity index (χ2n) is 12.2. The molecule has 0 fully saturated rings. The molecule has 2 nitrogen and oxygen atoms in total. The number of hydrogen-bond donors (Lipinski definition) is 1. The minimum Gasteiger partial charge on any atom is -0.405 e. The average Bonchev–Trinajstić information content (AvgIpc) is 3.71. The molecule has 5 heteroatoms. The molecule has 0 aliphatic carbocycles. The van der Waals surface area contributed by atoms with Crippen molar-refractivity contribution in [1.82, 2.24) is 0 Å². The van der Waals surface area contributed by atoms with Gasteiger partial charge in [-0.05, 0) is 89.5 Å². The molecule has 0 bridgehead atoms. The minimum atomic E-state index is -3.07. The van der Waals surface area contributed by atoms with Gasteiger partial charge in [0, 0.05) is 51.0 Å². The fourth-order valence-electron chi connectivity index (χ4n) is 6.46. The van der Waals surface area contributed by atoms with Crippen LogP contribution in [0.15, 0.2) is 146 Å². The van der Waals surface area contributed by atoms with Crippen LogP contribution in [0.2, 0.25) is 0 Å². The van der Waals surface area contributed by atoms with Gasteiger partial charge < -0.3 is 10.3 Å². The Labute approximate surface area is 310 Å². The third-order valence-electron chi connectivity index (χ3n) is 8.76. The van der Waals surface area contributed by atoms with Gasteiger partial charge in [-0.1, -0.05) is 131 Å². The highest BCUT2D eigenvalue weighted by Gasteiger charge is 2.29. The Morgan fingerprint density at radius 1 is 0.549 bits per heavy atom. The average molecular weight is 722 g/mol. The molecule has 0 aliphatic rings. The minimum absolute atomic E-state index is 0.836. The van der Waals surface area contributed by atoms with E-state index in [4.69, 9.17) is 5.73 Å². The summed E-state index contributed by atoms with van der Waals surface area (Å²) in [5.41, 5.74) is 11.5. The zero-order valence-corrected chi connectivity index (χ0v) is 32.4. The second-order valence-corrected chi connectivity index (χ2v) is 17.3. The normalized spacial score (nSPS) is 11.4. The summed E-state index contributed by atoms with van der Waals surface area (Å²) in [4.78, 5) is 1.27. The summed E-state index contributed by atoms with van der Waals surface area (Å²) in [7, 11) is -3.07. The van der Waals surface area contributed by atoms with Gasteiger partial charge in [-0.2, -0.15) is 0 Å². The summed E-state index contributed by atoms with van der Waals surface area (Å²) in [5.74, 6) is 0. The highest BCUT2D eigenvalue weighted by Crippen LogP contribution is 2.44. The van der Waals surface area contributed by atoms with Crippen LogP contribution >= 0.6 is 29.8 Å². The van der Waals surface area contributed by atoms with Crippen molar-refractivity contribution in [2.24, 2.45) is 5.73 Å². The van der Waals surface area contributed by atoms with Crippen molar-refractivity contribution < 1.29 is 4.57 Å². The molecule has 6 aromatic carbocycles. The Kier molecular flexibility index (Phi) is 11.4. The second kappa shape index (κ2) is 16.1. The first-order chi connectivity index (χ1) is 24.9. The quantitative estimate of drug-likeness (QED) is 0.174. The molecule has 0 spiro atoms. The van der Waals surface area contributed by atoms with E-state index >= 15 is 4.57 Å². The van der Waals surface area contributed by atoms with Crippen LogP contribution < -0.4 is 21.6 Å². The Balaban J connectivity index is 0.000000853. The number of aryl methyl sites for hydroxylation is 1. The van der Waals surface area contributed by atoms with Gasteiger partial charge in [-0.3, -0.25) is 0 Å². The predicted molar refractivity (Wildman–Crippen MR) is 230 cm³/mol. The van der Waals surface area contributed by atoms with E-state index in [-0.39, 0.29) is 0 Å². The van der Waals surface area contributed by atoms with Gasteiger partial charge in [0.2, 0.25) is 0 Å². The summed E-state index contributed by atoms with van der Waals surface area (Å²) in [6, 6.07) is 48.3. The van der Waals surface area contributed by atoms with Crippen LogP contribution in [-0.4, -0.2) is 0 Å². The third-order valence-corrected chi connectivity index (χ3v) is 14.1. The maximum absolute atomic E-state index is 15.1. The lowest BCUT2D eigenvalue weighted by atomic mass is 9.99. The Hall–Kier alpha value is -4.73. The number of rotatable bonds is 6. The van der Waals surface area contributed by atoms with E-state index in [1.54, 1.807) is 17.5 Å². The molecular weight excluding hydrogens is 678 g/mol. The molecule has 2 N–H and O–H groups in total. The van der Waals surface area contributed by atoms with Gasteiger partial charge >= 0.3 is 0 Å². The smallest absolute Gasteiger partial charge is 0.171 e. The highest BCUT2D eigenvalue weighted by molar-refractivity contribution is 7.85. The van der Waals surface area contributed by atoms with Crippen LogP contribution in [0.25, 0.3) is 58.6 Å². The maximum Gasteiger partial charge on any atom is 0.171 e. The van der Waals surface area contributed by atoms with Crippen molar-refractivity contribution >= 4 is 82.1 Å². The standard InChI is InChI=1S/C41H30NOPS2.C3H8.C2H6/c1-27-35(21-22-42)36-24-30(15-18-39(36)45-27)31-17-20-41-38(26-31)37-25-29(16-19-40(37)46-41)28-9-8-14-34(23-28)44(43,32-10-4-2-5-11-32)33-12-6-3-7-13-33;1-3-2;1-2/h2-26H,42H2,1H3;3H2,1-2H3;1-2H3/b22-21-;;. The Morgan fingerprint density at radius 3 is 1.47 bits per heavy atom. The van der Waals surface area contributed by atoms with Crippen LogP contribution in [-0.2, 0) is 4.57 Å². The monoisotopic (exact) mass is 721 g/mol. The molecule has 0 radical (unpaired) electrons. The molecule has 8 rings (SSSR count). The van der Waals surface area contributed by atoms with Crippen molar-refractivity contribution in [1.29, 1.82) is 0 Å². The van der Waals surface area contributed by atoms with Gasteiger partial charge in [0.15, 0.2) is 7.14 Å². The Morgan fingerprint density at radius 2 is 0.980 bits per heavy atom. The fourth-order valence-corrected chi connectivity index (χ4v) is 11.3. The zero-order valence-electron chi connectivity index (χ0n) is 29.9. The molecular formula is C46H44NOPS2. The molecule has 0 unspecified atom stereocenters. The van der Waals surface area contributed by atoms with Crippen molar-refractivity contribution in [3.05, 3.63) is 156 Å². The molecule has 2 heterocycles. The summed E-state index contributed by atoms with van der Waals surface area (Å²) in [5, 5.41) is 6.24. The molecule has 0 aliphatic heterocycles. The molecule has 0 atom stereocenters. The van der Waals surface area contributed by atoms with Crippen LogP contribution in [0.1, 0.15) is 44.6 Å². The fraction of sp³-hybridized carbons (Fsp3) is 0.130. The van der Waals surface area contributed by atoms with Crippen LogP contribution in [0.5, 0.6) is 0 Å². The van der Waals surface area contributed by atoms with Gasteiger partial charge in [0.25, 0.3) is 0 Å². The Bertz CT molecular complexity index is 2450. The third kappa shape index (κ3) is 7.10. The topological polar surface area (TPSA) is 43.1 Å². The SMILES string of the molecule is CC.CCC.Cc1sc2ccc(-c3ccc4sc5ccc(-c6cccc(P(=O)(c7ccccc7)c7ccccc7)c6)cc5c4c3)cc2c1/C=C\N. The van der Waals surface area contributed by atoms with E-state index < -0.39 is 7.14 Å². The van der Waals surface area contributed by atoms with Crippen molar-refractivity contribution in [3.63, 3.8) is 0 Å². The molecule has 0 saturated heterocycles. The summed E-state index contributed by atoms with van der Waals surface area (Å²) in [6.45, 7) is 10.4. The lowest BCUT2D eigenvalue weighted by molar-refractivity contribution is 0.592. The van der Waals surface area contributed by atoms with E-state index in [2.05, 4.69) is 87.5 Å². The zero-order chi connectivity index (χ0) is 36.0. The first kappa shape index (κ1) is 36.1. The highest BCUT2D eigenvalue weighted by atomic mass is 32.1. The van der Waals surface area contributed by atoms with E-state index in [0.717, 1.165) is 27.0 Å². The maximum atomic E-state index is 15.1. The molecule has 51 heavy (non-hydrogen) atoms. The molecule has 8 aromatic rings. The van der Waals surface area contributed by atoms with Crippen LogP contribution in [0.4, 0.5) is 0 Å². The molecule has 256 valence electrons. The predicted octanol–water partition coefficient (Wildman–Crippen LogP) is 12.9. The van der Waals surface area contributed by atoms with Gasteiger partial charge in [0.05, 0.1) is 0 Å². The van der Waals surface area contributed by atoms with Crippen LogP contribution in [0.3, 0.4) is 0 Å². The van der Waals surface area contributed by atoms with E-state index in [0.29, 0.717) is 0 Å².